The SMILES string of the molecule is CC1(O)CCCN(Cc2cc(N)cc(Br)c2)C1. The van der Waals surface area contributed by atoms with Gasteiger partial charge in [-0.25, -0.2) is 0 Å². The van der Waals surface area contributed by atoms with E-state index in [-0.39, 0.29) is 0 Å². The van der Waals surface area contributed by atoms with Crippen LogP contribution in [0.1, 0.15) is 25.3 Å². The highest BCUT2D eigenvalue weighted by Crippen LogP contribution is 2.23. The Hall–Kier alpha value is -0.580. The number of β-amino-alcohol motifs (C(OH)–C–C–N with tert-alkyl or cyclic N) is 1. The van der Waals surface area contributed by atoms with Crippen molar-refractivity contribution in [2.75, 3.05) is 18.8 Å². The van der Waals surface area contributed by atoms with E-state index in [9.17, 15) is 5.11 Å². The van der Waals surface area contributed by atoms with Gasteiger partial charge in [-0.1, -0.05) is 15.9 Å². The molecule has 1 heterocycles. The maximum absolute atomic E-state index is 10.1. The Balaban J connectivity index is 2.05. The van der Waals surface area contributed by atoms with Crippen LogP contribution in [0.15, 0.2) is 22.7 Å². The van der Waals surface area contributed by atoms with Gasteiger partial charge < -0.3 is 10.8 Å². The third-order valence-corrected chi connectivity index (χ3v) is 3.60. The molecule has 3 N–H and O–H groups in total. The Kier molecular flexibility index (Phi) is 3.76. The average Bonchev–Trinajstić information content (AvgIpc) is 2.13. The molecule has 0 aliphatic carbocycles. The minimum Gasteiger partial charge on any atom is -0.399 e. The molecule has 17 heavy (non-hydrogen) atoms. The summed E-state index contributed by atoms with van der Waals surface area (Å²) >= 11 is 3.45. The molecule has 1 fully saturated rings. The first-order chi connectivity index (χ1) is 7.94. The molecule has 1 aromatic carbocycles. The monoisotopic (exact) mass is 298 g/mol. The number of nitrogen functional groups attached to an aromatic ring is 1. The van der Waals surface area contributed by atoms with Crippen molar-refractivity contribution >= 4 is 21.6 Å². The van der Waals surface area contributed by atoms with E-state index >= 15 is 0 Å². The summed E-state index contributed by atoms with van der Waals surface area (Å²) in [5, 5.41) is 10.1. The van der Waals surface area contributed by atoms with Crippen LogP contribution in [0.2, 0.25) is 0 Å². The molecule has 0 radical (unpaired) electrons. The number of halogens is 1. The van der Waals surface area contributed by atoms with Crippen LogP contribution in [0.25, 0.3) is 0 Å². The number of benzene rings is 1. The first-order valence-electron chi connectivity index (χ1n) is 5.94. The highest BCUT2D eigenvalue weighted by Gasteiger charge is 2.28. The van der Waals surface area contributed by atoms with Crippen molar-refractivity contribution in [3.63, 3.8) is 0 Å². The molecule has 1 saturated heterocycles. The predicted molar refractivity (Wildman–Crippen MR) is 73.7 cm³/mol. The van der Waals surface area contributed by atoms with Gasteiger partial charge in [0.25, 0.3) is 0 Å². The number of nitrogens with zero attached hydrogens (tertiary/aromatic N) is 1. The lowest BCUT2D eigenvalue weighted by atomic mass is 9.95. The number of hydrogen-bond donors (Lipinski definition) is 2. The topological polar surface area (TPSA) is 49.5 Å². The maximum Gasteiger partial charge on any atom is 0.0746 e. The molecular formula is C13H19BrN2O. The summed E-state index contributed by atoms with van der Waals surface area (Å²) in [5.74, 6) is 0. The van der Waals surface area contributed by atoms with Gasteiger partial charge in [-0.05, 0) is 50.1 Å². The number of rotatable bonds is 2. The standard InChI is InChI=1S/C13H19BrN2O/c1-13(17)3-2-4-16(9-13)8-10-5-11(14)7-12(15)6-10/h5-7,17H,2-4,8-9,15H2,1H3. The maximum atomic E-state index is 10.1. The molecule has 1 aliphatic rings. The van der Waals surface area contributed by atoms with E-state index in [2.05, 4.69) is 26.9 Å². The Morgan fingerprint density at radius 2 is 2.24 bits per heavy atom. The number of nitrogens with two attached hydrogens (primary N) is 1. The van der Waals surface area contributed by atoms with Crippen LogP contribution in [0, 0.1) is 0 Å². The fraction of sp³-hybridized carbons (Fsp3) is 0.538. The van der Waals surface area contributed by atoms with Gasteiger partial charge in [0, 0.05) is 23.2 Å². The first-order valence-corrected chi connectivity index (χ1v) is 6.74. The second-order valence-corrected chi connectivity index (χ2v) is 6.12. The number of hydrogen-bond acceptors (Lipinski definition) is 3. The zero-order valence-corrected chi connectivity index (χ0v) is 11.7. The number of likely N-dealkylation sites (tertiary alicyclic amines) is 1. The molecule has 2 rings (SSSR count). The van der Waals surface area contributed by atoms with E-state index < -0.39 is 5.60 Å². The second-order valence-electron chi connectivity index (χ2n) is 5.20. The van der Waals surface area contributed by atoms with Crippen LogP contribution in [-0.2, 0) is 6.54 Å². The van der Waals surface area contributed by atoms with E-state index in [1.54, 1.807) is 0 Å². The molecule has 1 unspecified atom stereocenters. The predicted octanol–water partition coefficient (Wildman–Crippen LogP) is 2.38. The van der Waals surface area contributed by atoms with E-state index in [0.29, 0.717) is 0 Å². The summed E-state index contributed by atoms with van der Waals surface area (Å²) < 4.78 is 1.01. The quantitative estimate of drug-likeness (QED) is 0.824. The molecule has 3 nitrogen and oxygen atoms in total. The van der Waals surface area contributed by atoms with Crippen LogP contribution < -0.4 is 5.73 Å². The molecule has 1 aliphatic heterocycles. The van der Waals surface area contributed by atoms with Gasteiger partial charge in [0.2, 0.25) is 0 Å². The summed E-state index contributed by atoms with van der Waals surface area (Å²) in [5.41, 5.74) is 7.24. The van der Waals surface area contributed by atoms with E-state index in [1.165, 1.54) is 5.56 Å². The fourth-order valence-electron chi connectivity index (χ4n) is 2.48. The van der Waals surface area contributed by atoms with Gasteiger partial charge in [-0.15, -0.1) is 0 Å². The Bertz CT molecular complexity index is 386. The molecule has 0 saturated carbocycles. The molecule has 1 aromatic rings. The van der Waals surface area contributed by atoms with Crippen molar-refractivity contribution in [2.24, 2.45) is 0 Å². The lowest BCUT2D eigenvalue weighted by Gasteiger charge is -2.36. The Labute approximate surface area is 111 Å². The molecule has 0 bridgehead atoms. The fourth-order valence-corrected chi connectivity index (χ4v) is 3.04. The molecule has 0 spiro atoms. The second kappa shape index (κ2) is 4.96. The van der Waals surface area contributed by atoms with Crippen molar-refractivity contribution < 1.29 is 5.11 Å². The molecule has 0 amide bonds. The zero-order chi connectivity index (χ0) is 12.5. The summed E-state index contributed by atoms with van der Waals surface area (Å²) in [6.07, 6.45) is 1.95. The normalized spacial score (nSPS) is 26.1. The van der Waals surface area contributed by atoms with Crippen molar-refractivity contribution in [1.29, 1.82) is 0 Å². The molecule has 4 heteroatoms. The molecular weight excluding hydrogens is 280 g/mol. The lowest BCUT2D eigenvalue weighted by molar-refractivity contribution is -0.0181. The van der Waals surface area contributed by atoms with Crippen molar-refractivity contribution in [2.45, 2.75) is 31.9 Å². The van der Waals surface area contributed by atoms with Crippen molar-refractivity contribution in [1.82, 2.24) is 4.90 Å². The van der Waals surface area contributed by atoms with Gasteiger partial charge in [0.05, 0.1) is 5.60 Å². The van der Waals surface area contributed by atoms with Gasteiger partial charge >= 0.3 is 0 Å². The van der Waals surface area contributed by atoms with Gasteiger partial charge in [0.1, 0.15) is 0 Å². The summed E-state index contributed by atoms with van der Waals surface area (Å²) in [6, 6.07) is 5.98. The number of aliphatic hydroxyl groups is 1. The van der Waals surface area contributed by atoms with Gasteiger partial charge in [0.15, 0.2) is 0 Å². The van der Waals surface area contributed by atoms with Crippen LogP contribution in [0.5, 0.6) is 0 Å². The summed E-state index contributed by atoms with van der Waals surface area (Å²) in [7, 11) is 0. The largest absolute Gasteiger partial charge is 0.399 e. The van der Waals surface area contributed by atoms with Crippen LogP contribution >= 0.6 is 15.9 Å². The van der Waals surface area contributed by atoms with Gasteiger partial charge in [-0.2, -0.15) is 0 Å². The smallest absolute Gasteiger partial charge is 0.0746 e. The molecule has 0 aromatic heterocycles. The Morgan fingerprint density at radius 3 is 2.88 bits per heavy atom. The van der Waals surface area contributed by atoms with E-state index in [1.807, 2.05) is 19.1 Å². The highest BCUT2D eigenvalue weighted by atomic mass is 79.9. The third-order valence-electron chi connectivity index (χ3n) is 3.14. The summed E-state index contributed by atoms with van der Waals surface area (Å²) in [4.78, 5) is 2.28. The Morgan fingerprint density at radius 1 is 1.47 bits per heavy atom. The number of piperidine rings is 1. The zero-order valence-electron chi connectivity index (χ0n) is 10.1. The van der Waals surface area contributed by atoms with Crippen LogP contribution in [0.3, 0.4) is 0 Å². The average molecular weight is 299 g/mol. The van der Waals surface area contributed by atoms with Crippen LogP contribution in [-0.4, -0.2) is 28.7 Å². The minimum atomic E-state index is -0.546. The van der Waals surface area contributed by atoms with Crippen molar-refractivity contribution in [3.8, 4) is 0 Å². The van der Waals surface area contributed by atoms with E-state index in [0.717, 1.165) is 42.6 Å². The molecule has 1 atom stereocenters. The first kappa shape index (κ1) is 12.9. The highest BCUT2D eigenvalue weighted by molar-refractivity contribution is 9.10. The van der Waals surface area contributed by atoms with Crippen LogP contribution in [0.4, 0.5) is 5.69 Å². The van der Waals surface area contributed by atoms with E-state index in [4.69, 9.17) is 5.73 Å². The van der Waals surface area contributed by atoms with Gasteiger partial charge in [-0.3, -0.25) is 4.90 Å². The molecule has 94 valence electrons. The lowest BCUT2D eigenvalue weighted by Crippen LogP contribution is -2.45. The third kappa shape index (κ3) is 3.69. The van der Waals surface area contributed by atoms with Crippen molar-refractivity contribution in [3.05, 3.63) is 28.2 Å². The summed E-state index contributed by atoms with van der Waals surface area (Å²) in [6.45, 7) is 4.54. The number of anilines is 1. The minimum absolute atomic E-state index is 0.546.